The zero-order valence-electron chi connectivity index (χ0n) is 16.8. The van der Waals surface area contributed by atoms with E-state index in [1.54, 1.807) is 0 Å². The Labute approximate surface area is 179 Å². The second-order valence-corrected chi connectivity index (χ2v) is 7.38. The van der Waals surface area contributed by atoms with E-state index >= 15 is 0 Å². The third kappa shape index (κ3) is 4.71. The van der Waals surface area contributed by atoms with Crippen molar-refractivity contribution in [2.45, 2.75) is 26.9 Å². The van der Waals surface area contributed by atoms with Crippen molar-refractivity contribution in [1.29, 1.82) is 0 Å². The monoisotopic (exact) mass is 452 g/mol. The van der Waals surface area contributed by atoms with Crippen molar-refractivity contribution in [3.8, 4) is 16.3 Å². The summed E-state index contributed by atoms with van der Waals surface area (Å²) in [4.78, 5) is 16.5. The van der Waals surface area contributed by atoms with Gasteiger partial charge in [-0.05, 0) is 44.4 Å². The molecular weight excluding hydrogens is 433 g/mol. The molecule has 7 nitrogen and oxygen atoms in total. The molecule has 11 heteroatoms. The molecule has 0 aliphatic rings. The van der Waals surface area contributed by atoms with Gasteiger partial charge in [0.1, 0.15) is 5.57 Å². The lowest BCUT2D eigenvalue weighted by Crippen LogP contribution is -2.20. The van der Waals surface area contributed by atoms with Crippen molar-refractivity contribution < 1.29 is 27.8 Å². The molecule has 0 aliphatic carbocycles. The predicted octanol–water partition coefficient (Wildman–Crippen LogP) is 5.19. The molecule has 0 radical (unpaired) electrons. The maximum atomic E-state index is 12.9. The molecule has 3 aromatic rings. The first-order valence-corrected chi connectivity index (χ1v) is 10.0. The lowest BCUT2D eigenvalue weighted by Gasteiger charge is -2.09. The summed E-state index contributed by atoms with van der Waals surface area (Å²) in [6, 6.07) is 7.48. The van der Waals surface area contributed by atoms with Crippen molar-refractivity contribution in [3.05, 3.63) is 52.4 Å². The molecule has 0 spiro atoms. The first kappa shape index (κ1) is 22.3. The number of rotatable bonds is 6. The molecule has 3 rings (SSSR count). The summed E-state index contributed by atoms with van der Waals surface area (Å²) in [7, 11) is 0. The fraction of sp³-hybridized carbons (Fsp3) is 0.250. The summed E-state index contributed by atoms with van der Waals surface area (Å²) in [5.41, 5.74) is 2.51. The largest absolute Gasteiger partial charge is 0.504 e. The third-order valence-corrected chi connectivity index (χ3v) is 5.25. The van der Waals surface area contributed by atoms with Crippen LogP contribution in [0.3, 0.4) is 0 Å². The average molecular weight is 452 g/mol. The van der Waals surface area contributed by atoms with E-state index in [9.17, 15) is 23.1 Å². The van der Waals surface area contributed by atoms with Gasteiger partial charge in [0.15, 0.2) is 5.82 Å². The summed E-state index contributed by atoms with van der Waals surface area (Å²) in [5, 5.41) is 18.1. The number of aliphatic hydroxyl groups excluding tert-OH is 1. The summed E-state index contributed by atoms with van der Waals surface area (Å²) in [6.07, 6.45) is -4.53. The van der Waals surface area contributed by atoms with Crippen molar-refractivity contribution in [2.75, 3.05) is 6.61 Å². The highest BCUT2D eigenvalue weighted by atomic mass is 32.1. The van der Waals surface area contributed by atoms with Gasteiger partial charge >= 0.3 is 12.1 Å². The van der Waals surface area contributed by atoms with E-state index in [0.717, 1.165) is 22.0 Å². The number of aromatic nitrogens is 3. The number of ether oxygens (including phenoxy) is 1. The number of halogens is 3. The Hall–Kier alpha value is -3.34. The Morgan fingerprint density at radius 3 is 2.61 bits per heavy atom. The molecule has 0 aromatic carbocycles. The second-order valence-electron chi connectivity index (χ2n) is 6.46. The van der Waals surface area contributed by atoms with Crippen LogP contribution in [0, 0.1) is 13.8 Å². The molecule has 0 fully saturated rings. The normalized spacial score (nSPS) is 13.0. The lowest BCUT2D eigenvalue weighted by molar-refractivity contribution is -0.141. The zero-order valence-corrected chi connectivity index (χ0v) is 17.6. The number of carbonyl (C=O) groups is 1. The van der Waals surface area contributed by atoms with Gasteiger partial charge in [0, 0.05) is 23.7 Å². The fourth-order valence-electron chi connectivity index (χ4n) is 2.92. The van der Waals surface area contributed by atoms with Crippen LogP contribution in [0.5, 0.6) is 0 Å². The molecule has 164 valence electrons. The van der Waals surface area contributed by atoms with Gasteiger partial charge in [0.25, 0.3) is 0 Å². The van der Waals surface area contributed by atoms with E-state index in [1.165, 1.54) is 24.3 Å². The summed E-state index contributed by atoms with van der Waals surface area (Å²) in [5.74, 6) is -3.38. The number of hydrogen-bond acceptors (Lipinski definition) is 6. The molecule has 0 atom stereocenters. The molecule has 0 amide bonds. The van der Waals surface area contributed by atoms with Gasteiger partial charge in [0.2, 0.25) is 5.76 Å². The first-order valence-electron chi connectivity index (χ1n) is 9.13. The van der Waals surface area contributed by atoms with Gasteiger partial charge in [-0.25, -0.2) is 9.79 Å². The smallest absolute Gasteiger partial charge is 0.449 e. The lowest BCUT2D eigenvalue weighted by atomic mass is 10.2. The van der Waals surface area contributed by atoms with Crippen LogP contribution < -0.4 is 0 Å². The number of allylic oxidation sites excluding steroid dienone is 1. The Balaban J connectivity index is 1.94. The maximum Gasteiger partial charge on any atom is 0.449 e. The van der Waals surface area contributed by atoms with Gasteiger partial charge in [-0.3, -0.25) is 5.10 Å². The Morgan fingerprint density at radius 1 is 1.32 bits per heavy atom. The number of nitrogens with zero attached hydrogens (tertiary/aromatic N) is 3. The predicted molar refractivity (Wildman–Crippen MR) is 111 cm³/mol. The molecule has 0 saturated heterocycles. The maximum absolute atomic E-state index is 12.9. The second kappa shape index (κ2) is 8.80. The molecule has 0 aliphatic heterocycles. The highest BCUT2D eigenvalue weighted by Gasteiger charge is 2.38. The highest BCUT2D eigenvalue weighted by molar-refractivity contribution is 7.14. The SMILES string of the molecule is CCOC(=O)C(C=Nc1cc(-c2sccc2-n2c(C)ccc2C)[nH]n1)=C(O)C(F)(F)F. The minimum absolute atomic E-state index is 0.0343. The number of carbonyl (C=O) groups excluding carboxylic acids is 1. The number of aromatic amines is 1. The van der Waals surface area contributed by atoms with Gasteiger partial charge in [-0.15, -0.1) is 11.3 Å². The minimum atomic E-state index is -5.12. The van der Waals surface area contributed by atoms with Gasteiger partial charge in [0.05, 0.1) is 22.9 Å². The van der Waals surface area contributed by atoms with E-state index in [1.807, 2.05) is 37.4 Å². The Bertz CT molecular complexity index is 1140. The van der Waals surface area contributed by atoms with Gasteiger partial charge < -0.3 is 14.4 Å². The highest BCUT2D eigenvalue weighted by Crippen LogP contribution is 2.34. The van der Waals surface area contributed by atoms with E-state index in [0.29, 0.717) is 11.9 Å². The number of aliphatic hydroxyl groups is 1. The third-order valence-electron chi connectivity index (χ3n) is 4.31. The molecule has 31 heavy (non-hydrogen) atoms. The van der Waals surface area contributed by atoms with Crippen LogP contribution in [-0.4, -0.2) is 44.8 Å². The number of nitrogens with one attached hydrogen (secondary N) is 1. The van der Waals surface area contributed by atoms with Crippen LogP contribution in [0.1, 0.15) is 18.3 Å². The van der Waals surface area contributed by atoms with Crippen LogP contribution in [0.4, 0.5) is 19.0 Å². The number of aryl methyl sites for hydroxylation is 2. The molecule has 3 aromatic heterocycles. The molecular formula is C20H19F3N4O3S. The van der Waals surface area contributed by atoms with Crippen LogP contribution in [0.25, 0.3) is 16.3 Å². The standard InChI is InChI=1S/C20H19F3N4O3S/c1-4-30-19(29)13(18(28)20(21,22)23)10-24-16-9-14(25-26-16)17-15(7-8-31-17)27-11(2)5-6-12(27)3/h5-10,28H,4H2,1-3H3,(H,25,26). The fourth-order valence-corrected chi connectivity index (χ4v) is 3.77. The minimum Gasteiger partial charge on any atom is -0.504 e. The van der Waals surface area contributed by atoms with E-state index in [-0.39, 0.29) is 12.4 Å². The van der Waals surface area contributed by atoms with E-state index in [2.05, 4.69) is 24.5 Å². The number of aliphatic imine (C=N–C) groups is 1. The molecule has 3 heterocycles. The molecule has 0 unspecified atom stereocenters. The van der Waals surface area contributed by atoms with E-state index in [4.69, 9.17) is 0 Å². The summed E-state index contributed by atoms with van der Waals surface area (Å²) >= 11 is 1.46. The number of esters is 1. The topological polar surface area (TPSA) is 92.5 Å². The Kier molecular flexibility index (Phi) is 6.34. The number of thiophene rings is 1. The van der Waals surface area contributed by atoms with Crippen LogP contribution >= 0.6 is 11.3 Å². The van der Waals surface area contributed by atoms with Crippen LogP contribution in [-0.2, 0) is 9.53 Å². The zero-order chi connectivity index (χ0) is 22.8. The van der Waals surface area contributed by atoms with Crippen molar-refractivity contribution >= 4 is 29.3 Å². The van der Waals surface area contributed by atoms with Crippen LogP contribution in [0.2, 0.25) is 0 Å². The number of H-pyrrole nitrogens is 1. The molecule has 0 saturated carbocycles. The molecule has 2 N–H and O–H groups in total. The Morgan fingerprint density at radius 2 is 2.00 bits per heavy atom. The summed E-state index contributed by atoms with van der Waals surface area (Å²) < 4.78 is 45.2. The summed E-state index contributed by atoms with van der Waals surface area (Å²) in [6.45, 7) is 5.23. The van der Waals surface area contributed by atoms with Crippen molar-refractivity contribution in [3.63, 3.8) is 0 Å². The first-order chi connectivity index (χ1) is 14.6. The van der Waals surface area contributed by atoms with Gasteiger partial charge in [-0.2, -0.15) is 18.3 Å². The molecule has 0 bridgehead atoms. The quantitative estimate of drug-likeness (QED) is 0.233. The number of alkyl halides is 3. The van der Waals surface area contributed by atoms with E-state index < -0.39 is 23.5 Å². The number of hydrogen-bond donors (Lipinski definition) is 2. The van der Waals surface area contributed by atoms with Crippen molar-refractivity contribution in [2.24, 2.45) is 4.99 Å². The van der Waals surface area contributed by atoms with Gasteiger partial charge in [-0.1, -0.05) is 0 Å². The van der Waals surface area contributed by atoms with Crippen LogP contribution in [0.15, 0.2) is 46.0 Å². The van der Waals surface area contributed by atoms with Crippen molar-refractivity contribution in [1.82, 2.24) is 14.8 Å². The average Bonchev–Trinajstić information content (AvgIpc) is 3.41.